The van der Waals surface area contributed by atoms with Gasteiger partial charge in [-0.2, -0.15) is 4.98 Å². The molecular weight excluding hydrogens is 482 g/mol. The molecule has 4 aromatic carbocycles. The van der Waals surface area contributed by atoms with Crippen molar-refractivity contribution in [2.75, 3.05) is 0 Å². The molecular formula is C31H24ClN3O2. The number of amides is 1. The van der Waals surface area contributed by atoms with Crippen molar-refractivity contribution in [3.05, 3.63) is 114 Å². The van der Waals surface area contributed by atoms with Crippen LogP contribution in [0.3, 0.4) is 0 Å². The summed E-state index contributed by atoms with van der Waals surface area (Å²) in [4.78, 5) is 16.8. The number of benzene rings is 4. The highest BCUT2D eigenvalue weighted by atomic mass is 35.5. The fourth-order valence-electron chi connectivity index (χ4n) is 4.77. The lowest BCUT2D eigenvalue weighted by Crippen LogP contribution is -2.16. The number of rotatable bonds is 5. The number of aromatic nitrogens is 2. The molecule has 1 amide bonds. The number of hydrogen-bond donors (Lipinski definition) is 1. The monoisotopic (exact) mass is 505 g/mol. The molecule has 5 nitrogen and oxygen atoms in total. The zero-order chi connectivity index (χ0) is 25.5. The van der Waals surface area contributed by atoms with Gasteiger partial charge in [-0.15, -0.1) is 0 Å². The molecule has 0 saturated carbocycles. The summed E-state index contributed by atoms with van der Waals surface area (Å²) in [6.45, 7) is 3.86. The minimum absolute atomic E-state index is 0.0172. The first-order chi connectivity index (χ1) is 18.0. The molecule has 1 fully saturated rings. The second-order valence-corrected chi connectivity index (χ2v) is 9.65. The molecule has 1 aliphatic rings. The van der Waals surface area contributed by atoms with Crippen LogP contribution in [0.1, 0.15) is 17.9 Å². The van der Waals surface area contributed by atoms with E-state index in [0.29, 0.717) is 23.2 Å². The van der Waals surface area contributed by atoms with Crippen LogP contribution in [0.25, 0.3) is 33.3 Å². The quantitative estimate of drug-likeness (QED) is 0.269. The van der Waals surface area contributed by atoms with Gasteiger partial charge < -0.3 is 10.1 Å². The standard InChI is InChI=1S/C31H24ClN3O2/c1-19-16-26(30(36)33-19)23-12-14-24(15-13-23)37-31-34-28-17-25(27(32)18-29(28)35(31)2)22-10-8-21(9-11-22)20-6-4-3-5-7-20/h3-15,17-18,26H,1,16H2,2H3,(H,33,36). The Morgan fingerprint density at radius 2 is 1.62 bits per heavy atom. The molecule has 37 heavy (non-hydrogen) atoms. The lowest BCUT2D eigenvalue weighted by atomic mass is 9.97. The molecule has 6 heteroatoms. The smallest absolute Gasteiger partial charge is 0.302 e. The molecule has 0 spiro atoms. The maximum Gasteiger partial charge on any atom is 0.302 e. The zero-order valence-electron chi connectivity index (χ0n) is 20.2. The molecule has 0 aliphatic carbocycles. The minimum Gasteiger partial charge on any atom is -0.426 e. The van der Waals surface area contributed by atoms with Gasteiger partial charge >= 0.3 is 6.01 Å². The van der Waals surface area contributed by atoms with E-state index in [9.17, 15) is 4.79 Å². The second kappa shape index (κ2) is 9.26. The van der Waals surface area contributed by atoms with Crippen LogP contribution in [0.4, 0.5) is 0 Å². The van der Waals surface area contributed by atoms with Crippen molar-refractivity contribution in [3.63, 3.8) is 0 Å². The van der Waals surface area contributed by atoms with E-state index in [1.807, 2.05) is 66.2 Å². The van der Waals surface area contributed by atoms with Crippen molar-refractivity contribution in [2.45, 2.75) is 12.3 Å². The van der Waals surface area contributed by atoms with E-state index in [2.05, 4.69) is 48.3 Å². The maximum atomic E-state index is 12.1. The lowest BCUT2D eigenvalue weighted by molar-refractivity contribution is -0.120. The minimum atomic E-state index is -0.209. The van der Waals surface area contributed by atoms with Gasteiger partial charge in [-0.25, -0.2) is 0 Å². The Balaban J connectivity index is 1.26. The Morgan fingerprint density at radius 3 is 2.30 bits per heavy atom. The number of hydrogen-bond acceptors (Lipinski definition) is 3. The van der Waals surface area contributed by atoms with Gasteiger partial charge in [-0.3, -0.25) is 9.36 Å². The van der Waals surface area contributed by atoms with Gasteiger partial charge in [-0.05, 0) is 46.5 Å². The number of nitrogens with zero attached hydrogens (tertiary/aromatic N) is 2. The van der Waals surface area contributed by atoms with E-state index in [1.54, 1.807) is 0 Å². The highest BCUT2D eigenvalue weighted by Gasteiger charge is 2.28. The molecule has 0 radical (unpaired) electrons. The van der Waals surface area contributed by atoms with E-state index in [-0.39, 0.29) is 11.8 Å². The Bertz CT molecular complexity index is 1640. The van der Waals surface area contributed by atoms with E-state index in [4.69, 9.17) is 21.3 Å². The number of fused-ring (bicyclic) bond motifs is 1. The van der Waals surface area contributed by atoms with E-state index in [0.717, 1.165) is 39.0 Å². The molecule has 0 bridgehead atoms. The molecule has 1 aliphatic heterocycles. The molecule has 6 rings (SSSR count). The summed E-state index contributed by atoms with van der Waals surface area (Å²) in [5.41, 5.74) is 7.62. The van der Waals surface area contributed by atoms with Crippen molar-refractivity contribution >= 4 is 28.5 Å². The molecule has 2 heterocycles. The SMILES string of the molecule is C=C1CC(c2ccc(Oc3nc4cc(-c5ccc(-c6ccccc6)cc5)c(Cl)cc4n3C)cc2)C(=O)N1. The van der Waals surface area contributed by atoms with Crippen molar-refractivity contribution < 1.29 is 9.53 Å². The van der Waals surface area contributed by atoms with Crippen molar-refractivity contribution in [1.82, 2.24) is 14.9 Å². The molecule has 1 N–H and O–H groups in total. The number of aryl methyl sites for hydroxylation is 1. The van der Waals surface area contributed by atoms with Crippen LogP contribution in [0.5, 0.6) is 11.8 Å². The summed E-state index contributed by atoms with van der Waals surface area (Å²) in [6.07, 6.45) is 0.613. The Morgan fingerprint density at radius 1 is 0.946 bits per heavy atom. The average Bonchev–Trinajstić information content (AvgIpc) is 3.41. The number of imidazole rings is 1. The number of ether oxygens (including phenoxy) is 1. The summed E-state index contributed by atoms with van der Waals surface area (Å²) in [5, 5.41) is 3.43. The zero-order valence-corrected chi connectivity index (χ0v) is 21.0. The van der Waals surface area contributed by atoms with Gasteiger partial charge in [0.1, 0.15) is 5.75 Å². The second-order valence-electron chi connectivity index (χ2n) is 9.24. The van der Waals surface area contributed by atoms with Gasteiger partial charge in [0.2, 0.25) is 5.91 Å². The summed E-state index contributed by atoms with van der Waals surface area (Å²) in [5.74, 6) is 0.415. The van der Waals surface area contributed by atoms with Gasteiger partial charge in [0.15, 0.2) is 0 Å². The number of allylic oxidation sites excluding steroid dienone is 1. The number of carbonyl (C=O) groups excluding carboxylic acids is 1. The van der Waals surface area contributed by atoms with E-state index < -0.39 is 0 Å². The first-order valence-electron chi connectivity index (χ1n) is 12.0. The van der Waals surface area contributed by atoms with Crippen molar-refractivity contribution in [2.24, 2.45) is 7.05 Å². The highest BCUT2D eigenvalue weighted by molar-refractivity contribution is 6.34. The fraction of sp³-hybridized carbons (Fsp3) is 0.0968. The highest BCUT2D eigenvalue weighted by Crippen LogP contribution is 2.36. The van der Waals surface area contributed by atoms with Crippen molar-refractivity contribution in [1.29, 1.82) is 0 Å². The van der Waals surface area contributed by atoms with Crippen LogP contribution in [0, 0.1) is 0 Å². The Kier molecular flexibility index (Phi) is 5.78. The molecule has 182 valence electrons. The van der Waals surface area contributed by atoms with Crippen LogP contribution < -0.4 is 10.1 Å². The van der Waals surface area contributed by atoms with Gasteiger partial charge in [0, 0.05) is 24.7 Å². The van der Waals surface area contributed by atoms with Crippen LogP contribution in [0.2, 0.25) is 5.02 Å². The predicted octanol–water partition coefficient (Wildman–Crippen LogP) is 7.47. The summed E-state index contributed by atoms with van der Waals surface area (Å²) in [6, 6.07) is 30.6. The summed E-state index contributed by atoms with van der Waals surface area (Å²) >= 11 is 6.72. The van der Waals surface area contributed by atoms with Crippen LogP contribution in [-0.4, -0.2) is 15.5 Å². The number of halogens is 1. The average molecular weight is 506 g/mol. The largest absolute Gasteiger partial charge is 0.426 e. The van der Waals surface area contributed by atoms with Crippen molar-refractivity contribution in [3.8, 4) is 34.0 Å². The molecule has 5 aromatic rings. The topological polar surface area (TPSA) is 56.2 Å². The molecule has 1 saturated heterocycles. The van der Waals surface area contributed by atoms with Gasteiger partial charge in [0.25, 0.3) is 0 Å². The maximum absolute atomic E-state index is 12.1. The first kappa shape index (κ1) is 23.1. The number of nitrogens with one attached hydrogen (secondary N) is 1. The third-order valence-corrected chi connectivity index (χ3v) is 7.10. The predicted molar refractivity (Wildman–Crippen MR) is 148 cm³/mol. The Hall–Kier alpha value is -4.35. The van der Waals surface area contributed by atoms with Crippen LogP contribution in [0.15, 0.2) is 103 Å². The van der Waals surface area contributed by atoms with E-state index >= 15 is 0 Å². The Labute approximate surface area is 220 Å². The first-order valence-corrected chi connectivity index (χ1v) is 12.4. The van der Waals surface area contributed by atoms with Crippen LogP contribution in [-0.2, 0) is 11.8 Å². The third kappa shape index (κ3) is 4.39. The van der Waals surface area contributed by atoms with Gasteiger partial charge in [0.05, 0.1) is 22.0 Å². The fourth-order valence-corrected chi connectivity index (χ4v) is 5.04. The third-order valence-electron chi connectivity index (χ3n) is 6.79. The summed E-state index contributed by atoms with van der Waals surface area (Å²) in [7, 11) is 1.90. The molecule has 1 unspecified atom stereocenters. The molecule has 1 atom stereocenters. The lowest BCUT2D eigenvalue weighted by Gasteiger charge is -2.09. The van der Waals surface area contributed by atoms with Gasteiger partial charge in [-0.1, -0.05) is 84.9 Å². The normalized spacial score (nSPS) is 15.2. The van der Waals surface area contributed by atoms with Crippen LogP contribution >= 0.6 is 11.6 Å². The number of carbonyl (C=O) groups is 1. The summed E-state index contributed by atoms with van der Waals surface area (Å²) < 4.78 is 7.98. The molecule has 1 aromatic heterocycles. The van der Waals surface area contributed by atoms with E-state index in [1.165, 1.54) is 5.56 Å².